The summed E-state index contributed by atoms with van der Waals surface area (Å²) in [5, 5.41) is 0. The highest BCUT2D eigenvalue weighted by Gasteiger charge is 2.87. The lowest BCUT2D eigenvalue weighted by Gasteiger charge is -2.38. The number of halogens is 11. The highest BCUT2D eigenvalue weighted by molar-refractivity contribution is 5.47. The summed E-state index contributed by atoms with van der Waals surface area (Å²) in [6, 6.07) is 5.13. The Labute approximate surface area is 171 Å². The lowest BCUT2D eigenvalue weighted by Crippen LogP contribution is -2.66. The number of hydrogen-bond acceptors (Lipinski definition) is 2. The molecule has 2 nitrogen and oxygen atoms in total. The van der Waals surface area contributed by atoms with Gasteiger partial charge in [-0.3, -0.25) is 0 Å². The van der Waals surface area contributed by atoms with E-state index in [1.807, 2.05) is 18.7 Å². The van der Waals surface area contributed by atoms with Crippen LogP contribution in [0.15, 0.2) is 24.3 Å². The van der Waals surface area contributed by atoms with E-state index in [1.165, 1.54) is 24.3 Å². The molecule has 0 aliphatic carbocycles. The molecule has 1 aromatic carbocycles. The molecular weight excluding hydrogens is 455 g/mol. The summed E-state index contributed by atoms with van der Waals surface area (Å²) in [5.74, 6) is -27.9. The predicted octanol–water partition coefficient (Wildman–Crippen LogP) is 6.71. The first-order valence-electron chi connectivity index (χ1n) is 8.86. The highest BCUT2D eigenvalue weighted by Crippen LogP contribution is 2.58. The van der Waals surface area contributed by atoms with Crippen LogP contribution in [0.1, 0.15) is 31.9 Å². The quantitative estimate of drug-likeness (QED) is 0.349. The number of ether oxygens (including phenoxy) is 1. The van der Waals surface area contributed by atoms with E-state index in [0.717, 1.165) is 7.11 Å². The second-order valence-corrected chi connectivity index (χ2v) is 6.62. The van der Waals surface area contributed by atoms with Crippen molar-refractivity contribution in [3.63, 3.8) is 0 Å². The van der Waals surface area contributed by atoms with Gasteiger partial charge < -0.3 is 9.64 Å². The standard InChI is InChI=1S/C18H20F11NO/c1-4-30(5-2)12-8-6-11(7-9-12)13(31-3)10-14(19,20)15(21,22)16(23,24)17(25,26)18(27,28)29/h6-9,13H,4-5,10H2,1-3H3. The van der Waals surface area contributed by atoms with Crippen molar-refractivity contribution in [1.82, 2.24) is 0 Å². The van der Waals surface area contributed by atoms with Crippen molar-refractivity contribution in [2.24, 2.45) is 0 Å². The van der Waals surface area contributed by atoms with Gasteiger partial charge in [-0.1, -0.05) is 12.1 Å². The van der Waals surface area contributed by atoms with Gasteiger partial charge in [0.05, 0.1) is 6.10 Å². The summed E-state index contributed by atoms with van der Waals surface area (Å²) in [6.07, 6.45) is -11.5. The Morgan fingerprint density at radius 1 is 0.742 bits per heavy atom. The molecular formula is C18H20F11NO. The summed E-state index contributed by atoms with van der Waals surface area (Å²) in [4.78, 5) is 1.83. The van der Waals surface area contributed by atoms with Gasteiger partial charge >= 0.3 is 29.9 Å². The van der Waals surface area contributed by atoms with Gasteiger partial charge in [0.25, 0.3) is 0 Å². The van der Waals surface area contributed by atoms with Gasteiger partial charge in [-0.2, -0.15) is 48.3 Å². The molecule has 0 bridgehead atoms. The lowest BCUT2D eigenvalue weighted by molar-refractivity contribution is -0.423. The second-order valence-electron chi connectivity index (χ2n) is 6.62. The van der Waals surface area contributed by atoms with Crippen LogP contribution in [0, 0.1) is 0 Å². The van der Waals surface area contributed by atoms with Crippen molar-refractivity contribution in [3.05, 3.63) is 29.8 Å². The fourth-order valence-corrected chi connectivity index (χ4v) is 2.79. The second kappa shape index (κ2) is 8.99. The van der Waals surface area contributed by atoms with Gasteiger partial charge in [0.2, 0.25) is 0 Å². The van der Waals surface area contributed by atoms with E-state index in [2.05, 4.69) is 4.74 Å². The van der Waals surface area contributed by atoms with Crippen LogP contribution in [-0.2, 0) is 4.74 Å². The van der Waals surface area contributed by atoms with E-state index in [9.17, 15) is 48.3 Å². The van der Waals surface area contributed by atoms with Crippen molar-refractivity contribution < 1.29 is 53.0 Å². The zero-order chi connectivity index (χ0) is 24.5. The molecule has 0 aliphatic rings. The molecule has 0 aliphatic heterocycles. The fourth-order valence-electron chi connectivity index (χ4n) is 2.79. The van der Waals surface area contributed by atoms with Crippen molar-refractivity contribution in [2.75, 3.05) is 25.1 Å². The first-order valence-corrected chi connectivity index (χ1v) is 8.86. The van der Waals surface area contributed by atoms with Crippen LogP contribution in [0.2, 0.25) is 0 Å². The average molecular weight is 475 g/mol. The molecule has 0 aromatic heterocycles. The third kappa shape index (κ3) is 4.85. The van der Waals surface area contributed by atoms with Crippen LogP contribution in [-0.4, -0.2) is 50.1 Å². The topological polar surface area (TPSA) is 12.5 Å². The molecule has 0 saturated carbocycles. The molecule has 0 amide bonds. The summed E-state index contributed by atoms with van der Waals surface area (Å²) >= 11 is 0. The fraction of sp³-hybridized carbons (Fsp3) is 0.667. The molecule has 0 saturated heterocycles. The first kappa shape index (κ1) is 27.2. The van der Waals surface area contributed by atoms with Gasteiger partial charge in [-0.25, -0.2) is 0 Å². The smallest absolute Gasteiger partial charge is 0.377 e. The van der Waals surface area contributed by atoms with Crippen molar-refractivity contribution in [3.8, 4) is 0 Å². The molecule has 0 spiro atoms. The summed E-state index contributed by atoms with van der Waals surface area (Å²) < 4.78 is 149. The molecule has 1 aromatic rings. The molecule has 0 fully saturated rings. The van der Waals surface area contributed by atoms with Gasteiger partial charge in [0.15, 0.2) is 0 Å². The maximum atomic E-state index is 14.0. The van der Waals surface area contributed by atoms with Gasteiger partial charge in [-0.05, 0) is 31.5 Å². The minimum Gasteiger partial charge on any atom is -0.377 e. The molecule has 0 radical (unpaired) electrons. The van der Waals surface area contributed by atoms with E-state index in [4.69, 9.17) is 0 Å². The molecule has 31 heavy (non-hydrogen) atoms. The van der Waals surface area contributed by atoms with Crippen LogP contribution >= 0.6 is 0 Å². The van der Waals surface area contributed by atoms with Crippen LogP contribution in [0.4, 0.5) is 54.0 Å². The molecule has 1 atom stereocenters. The van der Waals surface area contributed by atoms with Crippen LogP contribution in [0.3, 0.4) is 0 Å². The van der Waals surface area contributed by atoms with Gasteiger partial charge in [-0.15, -0.1) is 0 Å². The van der Waals surface area contributed by atoms with Gasteiger partial charge in [0, 0.05) is 32.3 Å². The monoisotopic (exact) mass is 475 g/mol. The van der Waals surface area contributed by atoms with E-state index in [-0.39, 0.29) is 5.56 Å². The molecule has 13 heteroatoms. The Morgan fingerprint density at radius 2 is 1.19 bits per heavy atom. The van der Waals surface area contributed by atoms with E-state index >= 15 is 0 Å². The third-order valence-corrected chi connectivity index (χ3v) is 4.72. The van der Waals surface area contributed by atoms with Gasteiger partial charge in [0.1, 0.15) is 0 Å². The summed E-state index contributed by atoms with van der Waals surface area (Å²) in [5.41, 5.74) is 0.414. The Hall–Kier alpha value is -1.79. The number of alkyl halides is 11. The largest absolute Gasteiger partial charge is 0.460 e. The summed E-state index contributed by atoms with van der Waals surface area (Å²) in [6.45, 7) is 4.76. The normalized spacial score (nSPS) is 15.2. The van der Waals surface area contributed by atoms with Crippen molar-refractivity contribution in [2.45, 2.75) is 56.2 Å². The number of anilines is 1. The van der Waals surface area contributed by atoms with E-state index < -0.39 is 42.4 Å². The van der Waals surface area contributed by atoms with Crippen LogP contribution in [0.25, 0.3) is 0 Å². The molecule has 0 N–H and O–H groups in total. The number of benzene rings is 1. The van der Waals surface area contributed by atoms with Crippen LogP contribution in [0.5, 0.6) is 0 Å². The maximum absolute atomic E-state index is 14.0. The average Bonchev–Trinajstić information content (AvgIpc) is 2.66. The molecule has 180 valence electrons. The minimum absolute atomic E-state index is 0.195. The molecule has 1 unspecified atom stereocenters. The SMILES string of the molecule is CCN(CC)c1ccc(C(CC(F)(F)C(F)(F)C(F)(F)C(F)(F)C(F)(F)F)OC)cc1. The number of hydrogen-bond donors (Lipinski definition) is 0. The van der Waals surface area contributed by atoms with Crippen LogP contribution < -0.4 is 4.90 Å². The highest BCUT2D eigenvalue weighted by atomic mass is 19.4. The Bertz CT molecular complexity index is 712. The predicted molar refractivity (Wildman–Crippen MR) is 90.2 cm³/mol. The Morgan fingerprint density at radius 3 is 1.55 bits per heavy atom. The summed E-state index contributed by atoms with van der Waals surface area (Å²) in [7, 11) is 0.764. The first-order chi connectivity index (χ1) is 13.9. The van der Waals surface area contributed by atoms with Crippen molar-refractivity contribution >= 4 is 5.69 Å². The minimum atomic E-state index is -7.42. The zero-order valence-electron chi connectivity index (χ0n) is 16.5. The third-order valence-electron chi connectivity index (χ3n) is 4.72. The Balaban J connectivity index is 3.25. The Kier molecular flexibility index (Phi) is 7.90. The number of methoxy groups -OCH3 is 1. The lowest BCUT2D eigenvalue weighted by atomic mass is 9.92. The van der Waals surface area contributed by atoms with E-state index in [1.54, 1.807) is 0 Å². The van der Waals surface area contributed by atoms with E-state index in [0.29, 0.717) is 18.8 Å². The molecule has 0 heterocycles. The maximum Gasteiger partial charge on any atom is 0.460 e. The zero-order valence-corrected chi connectivity index (χ0v) is 16.5. The molecule has 1 rings (SSSR count). The number of nitrogens with zero attached hydrogens (tertiary/aromatic N) is 1. The van der Waals surface area contributed by atoms with Crippen molar-refractivity contribution in [1.29, 1.82) is 0 Å². The number of rotatable bonds is 10.